The van der Waals surface area contributed by atoms with E-state index in [0.717, 1.165) is 16.9 Å². The van der Waals surface area contributed by atoms with Gasteiger partial charge in [-0.05, 0) is 67.1 Å². The Balaban J connectivity index is 1.18. The summed E-state index contributed by atoms with van der Waals surface area (Å²) in [6, 6.07) is 17.8. The Hall–Kier alpha value is -4.82. The molecule has 1 fully saturated rings. The number of aryl methyl sites for hydroxylation is 1. The Labute approximate surface area is 272 Å². The number of piperidine rings is 1. The zero-order chi connectivity index (χ0) is 32.6. The van der Waals surface area contributed by atoms with Crippen molar-refractivity contribution in [3.8, 4) is 17.6 Å². The van der Waals surface area contributed by atoms with Crippen molar-refractivity contribution in [3.63, 3.8) is 0 Å². The number of carbonyl (C=O) groups is 3. The molecular weight excluding hydrogens is 600 g/mol. The number of carbonyl (C=O) groups excluding carboxylic acids is 3. The number of hydrogen-bond donors (Lipinski definition) is 2. The molecule has 236 valence electrons. The Kier molecular flexibility index (Phi) is 8.49. The number of para-hydroxylation sites is 1. The van der Waals surface area contributed by atoms with Crippen LogP contribution in [0.25, 0.3) is 0 Å². The van der Waals surface area contributed by atoms with Gasteiger partial charge in [-0.15, -0.1) is 0 Å². The number of aromatic nitrogens is 1. The third kappa shape index (κ3) is 6.30. The maximum absolute atomic E-state index is 13.7. The molecule has 0 saturated carbocycles. The van der Waals surface area contributed by atoms with Gasteiger partial charge in [-0.25, -0.2) is 9.78 Å². The van der Waals surface area contributed by atoms with E-state index in [2.05, 4.69) is 15.6 Å². The van der Waals surface area contributed by atoms with Crippen molar-refractivity contribution in [2.45, 2.75) is 62.9 Å². The average Bonchev–Trinajstić information content (AvgIpc) is 3.40. The Bertz CT molecular complexity index is 1760. The number of rotatable bonds is 6. The number of nitriles is 1. The maximum Gasteiger partial charge on any atom is 0.327 e. The first kappa shape index (κ1) is 31.2. The fourth-order valence-corrected chi connectivity index (χ4v) is 7.38. The molecule has 46 heavy (non-hydrogen) atoms. The lowest BCUT2D eigenvalue weighted by Gasteiger charge is -2.36. The number of anilines is 2. The third-order valence-corrected chi connectivity index (χ3v) is 9.42. The van der Waals surface area contributed by atoms with Crippen LogP contribution in [0.2, 0.25) is 0 Å². The average molecular weight is 637 g/mol. The SMILES string of the molecule is Cc1cc(Oc2ccccc2)ccc1N1C(=O)NC2c3c1ccnc3S[C@@H]2C(=O)NC1CCCN(C(=O)/C(C#N)=C/C(C)(C)C)C1. The standard InChI is InChI=1S/C35H36N6O4S/c1-21-17-25(45-24-10-6-5-7-11-24)12-13-26(21)41-27-14-15-37-32-28(27)29(39-34(41)44)30(46-32)31(42)38-23-9-8-16-40(20-23)33(43)22(19-36)18-35(2,3)4/h5-7,10-15,17-18,23,29-30H,8-9,16,20H2,1-4H3,(H,38,42)(H,39,44)/b22-18+/t23?,29?,30-/m0/s1. The van der Waals surface area contributed by atoms with Crippen LogP contribution in [-0.4, -0.2) is 52.1 Å². The third-order valence-electron chi connectivity index (χ3n) is 8.14. The summed E-state index contributed by atoms with van der Waals surface area (Å²) >= 11 is 1.33. The fourth-order valence-electron chi connectivity index (χ4n) is 6.14. The number of pyridine rings is 1. The molecule has 1 aromatic heterocycles. The first-order valence-corrected chi connectivity index (χ1v) is 16.2. The molecular formula is C35H36N6O4S. The molecule has 2 N–H and O–H groups in total. The van der Waals surface area contributed by atoms with Crippen molar-refractivity contribution in [2.24, 2.45) is 5.41 Å². The molecule has 0 spiro atoms. The Morgan fingerprint density at radius 1 is 1.13 bits per heavy atom. The van der Waals surface area contributed by atoms with Gasteiger partial charge in [-0.2, -0.15) is 5.26 Å². The predicted octanol–water partition coefficient (Wildman–Crippen LogP) is 6.16. The summed E-state index contributed by atoms with van der Waals surface area (Å²) < 4.78 is 5.99. The second-order valence-corrected chi connectivity index (χ2v) is 14.0. The minimum absolute atomic E-state index is 0.114. The lowest BCUT2D eigenvalue weighted by atomic mass is 9.93. The number of likely N-dealkylation sites (tertiary alicyclic amines) is 1. The van der Waals surface area contributed by atoms with E-state index in [9.17, 15) is 19.6 Å². The van der Waals surface area contributed by atoms with Crippen LogP contribution in [0.1, 0.15) is 50.8 Å². The molecule has 2 aromatic carbocycles. The summed E-state index contributed by atoms with van der Waals surface area (Å²) in [5.41, 5.74) is 2.84. The van der Waals surface area contributed by atoms with E-state index < -0.39 is 11.3 Å². The molecule has 11 heteroatoms. The highest BCUT2D eigenvalue weighted by molar-refractivity contribution is 8.01. The number of allylic oxidation sites excluding steroid dienone is 1. The highest BCUT2D eigenvalue weighted by Crippen LogP contribution is 2.51. The quantitative estimate of drug-likeness (QED) is 0.245. The molecule has 4 amide bonds. The van der Waals surface area contributed by atoms with Crippen LogP contribution in [0.3, 0.4) is 0 Å². The van der Waals surface area contributed by atoms with E-state index in [-0.39, 0.29) is 34.9 Å². The molecule has 10 nitrogen and oxygen atoms in total. The number of ether oxygens (including phenoxy) is 1. The highest BCUT2D eigenvalue weighted by Gasteiger charge is 2.47. The van der Waals surface area contributed by atoms with Gasteiger partial charge in [0.25, 0.3) is 5.91 Å². The minimum Gasteiger partial charge on any atom is -0.457 e. The van der Waals surface area contributed by atoms with Gasteiger partial charge in [0.2, 0.25) is 5.91 Å². The summed E-state index contributed by atoms with van der Waals surface area (Å²) in [6.07, 6.45) is 4.77. The van der Waals surface area contributed by atoms with E-state index >= 15 is 0 Å². The molecule has 0 bridgehead atoms. The number of thioether (sulfide) groups is 1. The zero-order valence-corrected chi connectivity index (χ0v) is 27.1. The zero-order valence-electron chi connectivity index (χ0n) is 26.2. The van der Waals surface area contributed by atoms with Crippen molar-refractivity contribution in [3.05, 3.63) is 83.6 Å². The van der Waals surface area contributed by atoms with E-state index in [1.807, 2.05) is 88.4 Å². The summed E-state index contributed by atoms with van der Waals surface area (Å²) in [4.78, 5) is 48.4. The lowest BCUT2D eigenvalue weighted by molar-refractivity contribution is -0.129. The number of amides is 4. The first-order chi connectivity index (χ1) is 22.0. The summed E-state index contributed by atoms with van der Waals surface area (Å²) in [7, 11) is 0. The minimum atomic E-state index is -0.626. The molecule has 3 atom stereocenters. The van der Waals surface area contributed by atoms with Crippen LogP contribution < -0.4 is 20.3 Å². The van der Waals surface area contributed by atoms with E-state index in [0.29, 0.717) is 48.1 Å². The van der Waals surface area contributed by atoms with Crippen LogP contribution in [-0.2, 0) is 9.59 Å². The second-order valence-electron chi connectivity index (χ2n) is 12.8. The molecule has 4 heterocycles. The van der Waals surface area contributed by atoms with Crippen LogP contribution in [0.15, 0.2) is 77.5 Å². The molecule has 0 aliphatic carbocycles. The maximum atomic E-state index is 13.7. The molecule has 3 aliphatic heterocycles. The van der Waals surface area contributed by atoms with Crippen molar-refractivity contribution < 1.29 is 19.1 Å². The number of nitrogens with one attached hydrogen (secondary N) is 2. The predicted molar refractivity (Wildman–Crippen MR) is 176 cm³/mol. The molecule has 2 unspecified atom stereocenters. The Morgan fingerprint density at radius 3 is 2.63 bits per heavy atom. The first-order valence-electron chi connectivity index (χ1n) is 15.3. The van der Waals surface area contributed by atoms with Crippen LogP contribution >= 0.6 is 11.8 Å². The van der Waals surface area contributed by atoms with Gasteiger partial charge in [0.1, 0.15) is 33.4 Å². The summed E-state index contributed by atoms with van der Waals surface area (Å²) in [5, 5.41) is 15.9. The molecule has 3 aromatic rings. The summed E-state index contributed by atoms with van der Waals surface area (Å²) in [6.45, 7) is 8.59. The molecule has 6 rings (SSSR count). The summed E-state index contributed by atoms with van der Waals surface area (Å²) in [5.74, 6) is 0.837. The van der Waals surface area contributed by atoms with Gasteiger partial charge < -0.3 is 20.3 Å². The van der Waals surface area contributed by atoms with E-state index in [1.165, 1.54) is 11.8 Å². The van der Waals surface area contributed by atoms with Gasteiger partial charge in [0, 0.05) is 30.9 Å². The highest BCUT2D eigenvalue weighted by atomic mass is 32.2. The van der Waals surface area contributed by atoms with E-state index in [1.54, 1.807) is 22.1 Å². The lowest BCUT2D eigenvalue weighted by Crippen LogP contribution is -2.54. The van der Waals surface area contributed by atoms with Crippen molar-refractivity contribution in [1.82, 2.24) is 20.5 Å². The monoisotopic (exact) mass is 636 g/mol. The largest absolute Gasteiger partial charge is 0.457 e. The van der Waals surface area contributed by atoms with Gasteiger partial charge >= 0.3 is 6.03 Å². The normalized spacial score (nSPS) is 20.8. The van der Waals surface area contributed by atoms with Gasteiger partial charge in [0.05, 0.1) is 17.4 Å². The number of benzene rings is 2. The number of nitrogens with zero attached hydrogens (tertiary/aromatic N) is 4. The van der Waals surface area contributed by atoms with Gasteiger partial charge in [-0.3, -0.25) is 14.5 Å². The van der Waals surface area contributed by atoms with Crippen LogP contribution in [0, 0.1) is 23.7 Å². The number of urea groups is 1. The van der Waals surface area contributed by atoms with Gasteiger partial charge in [-0.1, -0.05) is 56.8 Å². The van der Waals surface area contributed by atoms with Crippen LogP contribution in [0.5, 0.6) is 11.5 Å². The smallest absolute Gasteiger partial charge is 0.327 e. The van der Waals surface area contributed by atoms with Gasteiger partial charge in [0.15, 0.2) is 0 Å². The fraction of sp³-hybridized carbons (Fsp3) is 0.343. The molecule has 1 saturated heterocycles. The van der Waals surface area contributed by atoms with Crippen LogP contribution in [0.4, 0.5) is 16.2 Å². The molecule has 0 radical (unpaired) electrons. The van der Waals surface area contributed by atoms with Crippen molar-refractivity contribution in [1.29, 1.82) is 5.26 Å². The molecule has 3 aliphatic rings. The van der Waals surface area contributed by atoms with Crippen molar-refractivity contribution >= 4 is 41.0 Å². The number of hydrogen-bond acceptors (Lipinski definition) is 7. The van der Waals surface area contributed by atoms with Crippen molar-refractivity contribution in [2.75, 3.05) is 18.0 Å². The topological polar surface area (TPSA) is 128 Å². The van der Waals surface area contributed by atoms with E-state index in [4.69, 9.17) is 4.74 Å². The Morgan fingerprint density at radius 2 is 1.91 bits per heavy atom. The second kappa shape index (κ2) is 12.5.